The third-order valence-corrected chi connectivity index (χ3v) is 6.44. The molecular formula is C16H24N4O2S. The standard InChI is InChI=1S/C16H24N4O2S/c1-3-5-11-23(21,22)19-10-8-13(12-19)15-18-14-7-6-9-17-16(14)20(15)4-2/h6-7,9,13H,3-5,8,10-12H2,1-2H3/t13-/m1/s1. The summed E-state index contributed by atoms with van der Waals surface area (Å²) in [5.74, 6) is 1.37. The van der Waals surface area contributed by atoms with Crippen LogP contribution >= 0.6 is 0 Å². The van der Waals surface area contributed by atoms with Gasteiger partial charge in [0.1, 0.15) is 11.3 Å². The third-order valence-electron chi connectivity index (χ3n) is 4.51. The Morgan fingerprint density at radius 2 is 2.17 bits per heavy atom. The van der Waals surface area contributed by atoms with Crippen molar-refractivity contribution >= 4 is 21.2 Å². The molecule has 23 heavy (non-hydrogen) atoms. The fraction of sp³-hybridized carbons (Fsp3) is 0.625. The van der Waals surface area contributed by atoms with Crippen LogP contribution in [0.25, 0.3) is 11.2 Å². The van der Waals surface area contributed by atoms with Crippen molar-refractivity contribution in [2.24, 2.45) is 0 Å². The first-order chi connectivity index (χ1) is 11.1. The lowest BCUT2D eigenvalue weighted by Crippen LogP contribution is -2.31. The molecule has 0 radical (unpaired) electrons. The summed E-state index contributed by atoms with van der Waals surface area (Å²) in [4.78, 5) is 9.14. The van der Waals surface area contributed by atoms with E-state index in [2.05, 4.69) is 16.5 Å². The van der Waals surface area contributed by atoms with Crippen molar-refractivity contribution in [2.45, 2.75) is 45.6 Å². The lowest BCUT2D eigenvalue weighted by atomic mass is 10.1. The highest BCUT2D eigenvalue weighted by molar-refractivity contribution is 7.89. The quantitative estimate of drug-likeness (QED) is 0.812. The minimum atomic E-state index is -3.13. The Kier molecular flexibility index (Phi) is 4.68. The maximum Gasteiger partial charge on any atom is 0.214 e. The number of hydrogen-bond acceptors (Lipinski definition) is 4. The van der Waals surface area contributed by atoms with Crippen molar-refractivity contribution in [1.82, 2.24) is 18.8 Å². The largest absolute Gasteiger partial charge is 0.313 e. The predicted molar refractivity (Wildman–Crippen MR) is 90.8 cm³/mol. The van der Waals surface area contributed by atoms with E-state index < -0.39 is 10.0 Å². The summed E-state index contributed by atoms with van der Waals surface area (Å²) >= 11 is 0. The van der Waals surface area contributed by atoms with Gasteiger partial charge in [-0.3, -0.25) is 0 Å². The molecule has 0 aromatic carbocycles. The molecule has 126 valence electrons. The van der Waals surface area contributed by atoms with Gasteiger partial charge >= 0.3 is 0 Å². The molecular weight excluding hydrogens is 312 g/mol. The second kappa shape index (κ2) is 6.57. The van der Waals surface area contributed by atoms with Crippen molar-refractivity contribution in [3.8, 4) is 0 Å². The summed E-state index contributed by atoms with van der Waals surface area (Å²) in [6.45, 7) is 6.01. The molecule has 1 saturated heterocycles. The molecule has 7 heteroatoms. The van der Waals surface area contributed by atoms with Crippen molar-refractivity contribution in [1.29, 1.82) is 0 Å². The van der Waals surface area contributed by atoms with Crippen LogP contribution in [0.5, 0.6) is 0 Å². The third kappa shape index (κ3) is 3.12. The Bertz CT molecular complexity index is 784. The molecule has 3 rings (SSSR count). The number of unbranched alkanes of at least 4 members (excludes halogenated alkanes) is 1. The van der Waals surface area contributed by atoms with Crippen molar-refractivity contribution in [3.05, 3.63) is 24.2 Å². The normalized spacial score (nSPS) is 19.7. The number of aromatic nitrogens is 3. The minimum absolute atomic E-state index is 0.153. The second-order valence-corrected chi connectivity index (χ2v) is 8.16. The predicted octanol–water partition coefficient (Wildman–Crippen LogP) is 2.37. The van der Waals surface area contributed by atoms with E-state index in [-0.39, 0.29) is 11.7 Å². The first-order valence-corrected chi connectivity index (χ1v) is 9.96. The molecule has 1 fully saturated rings. The van der Waals surface area contributed by atoms with E-state index in [1.165, 1.54) is 0 Å². The highest BCUT2D eigenvalue weighted by atomic mass is 32.2. The van der Waals surface area contributed by atoms with Gasteiger partial charge in [0.2, 0.25) is 10.0 Å². The zero-order valence-electron chi connectivity index (χ0n) is 13.8. The summed E-state index contributed by atoms with van der Waals surface area (Å²) in [7, 11) is -3.13. The number of aryl methyl sites for hydroxylation is 1. The van der Waals surface area contributed by atoms with Crippen molar-refractivity contribution in [2.75, 3.05) is 18.8 Å². The van der Waals surface area contributed by atoms with E-state index in [1.54, 1.807) is 10.5 Å². The maximum atomic E-state index is 12.4. The molecule has 0 bridgehead atoms. The molecule has 0 unspecified atom stereocenters. The highest BCUT2D eigenvalue weighted by Gasteiger charge is 2.34. The van der Waals surface area contributed by atoms with E-state index in [1.807, 2.05) is 19.1 Å². The smallest absolute Gasteiger partial charge is 0.214 e. The number of fused-ring (bicyclic) bond motifs is 1. The van der Waals surface area contributed by atoms with E-state index in [0.29, 0.717) is 13.1 Å². The monoisotopic (exact) mass is 336 g/mol. The van der Waals surface area contributed by atoms with Crippen LogP contribution in [0, 0.1) is 0 Å². The first kappa shape index (κ1) is 16.4. The van der Waals surface area contributed by atoms with Gasteiger partial charge in [-0.05, 0) is 31.9 Å². The number of nitrogens with zero attached hydrogens (tertiary/aromatic N) is 4. The van der Waals surface area contributed by atoms with Crippen LogP contribution in [-0.4, -0.2) is 46.1 Å². The van der Waals surface area contributed by atoms with Crippen LogP contribution in [0.1, 0.15) is 44.9 Å². The average molecular weight is 336 g/mol. The molecule has 0 spiro atoms. The van der Waals surface area contributed by atoms with Crippen molar-refractivity contribution in [3.63, 3.8) is 0 Å². The molecule has 6 nitrogen and oxygen atoms in total. The van der Waals surface area contributed by atoms with E-state index in [9.17, 15) is 8.42 Å². The van der Waals surface area contributed by atoms with Gasteiger partial charge in [-0.25, -0.2) is 22.7 Å². The maximum absolute atomic E-state index is 12.4. The molecule has 3 heterocycles. The SMILES string of the molecule is CCCCS(=O)(=O)N1CC[C@@H](c2nc3cccnc3n2CC)C1. The van der Waals surface area contributed by atoms with Gasteiger partial charge in [0, 0.05) is 31.7 Å². The van der Waals surface area contributed by atoms with Gasteiger partial charge < -0.3 is 4.57 Å². The molecule has 2 aromatic heterocycles. The molecule has 1 aliphatic rings. The number of hydrogen-bond donors (Lipinski definition) is 0. The highest BCUT2D eigenvalue weighted by Crippen LogP contribution is 2.30. The molecule has 0 saturated carbocycles. The Morgan fingerprint density at radius 3 is 2.91 bits per heavy atom. The molecule has 1 aliphatic heterocycles. The number of sulfonamides is 1. The lowest BCUT2D eigenvalue weighted by Gasteiger charge is -2.16. The molecule has 2 aromatic rings. The summed E-state index contributed by atoms with van der Waals surface area (Å²) in [6.07, 6.45) is 4.22. The summed E-state index contributed by atoms with van der Waals surface area (Å²) < 4.78 is 28.5. The number of pyridine rings is 1. The zero-order valence-corrected chi connectivity index (χ0v) is 14.6. The van der Waals surface area contributed by atoms with Crippen molar-refractivity contribution < 1.29 is 8.42 Å². The van der Waals surface area contributed by atoms with Crippen LogP contribution in [-0.2, 0) is 16.6 Å². The first-order valence-electron chi connectivity index (χ1n) is 8.35. The van der Waals surface area contributed by atoms with Gasteiger partial charge in [0.25, 0.3) is 0 Å². The fourth-order valence-electron chi connectivity index (χ4n) is 3.25. The topological polar surface area (TPSA) is 68.1 Å². The van der Waals surface area contributed by atoms with Crippen LogP contribution in [0.2, 0.25) is 0 Å². The second-order valence-electron chi connectivity index (χ2n) is 6.07. The Balaban J connectivity index is 1.84. The van der Waals surface area contributed by atoms with Gasteiger partial charge in [-0.15, -0.1) is 0 Å². The van der Waals surface area contributed by atoms with Crippen LogP contribution in [0.3, 0.4) is 0 Å². The van der Waals surface area contributed by atoms with Crippen LogP contribution < -0.4 is 0 Å². The van der Waals surface area contributed by atoms with Gasteiger partial charge in [-0.1, -0.05) is 13.3 Å². The number of imidazole rings is 1. The van der Waals surface area contributed by atoms with E-state index in [0.717, 1.165) is 42.8 Å². The van der Waals surface area contributed by atoms with Gasteiger partial charge in [0.05, 0.1) is 5.75 Å². The van der Waals surface area contributed by atoms with E-state index in [4.69, 9.17) is 4.98 Å². The summed E-state index contributed by atoms with van der Waals surface area (Å²) in [6, 6.07) is 3.85. The number of rotatable bonds is 6. The summed E-state index contributed by atoms with van der Waals surface area (Å²) in [5.41, 5.74) is 1.77. The average Bonchev–Trinajstić information content (AvgIpc) is 3.17. The fourth-order valence-corrected chi connectivity index (χ4v) is 4.95. The van der Waals surface area contributed by atoms with Gasteiger partial charge in [0.15, 0.2) is 5.65 Å². The Labute approximate surface area is 137 Å². The minimum Gasteiger partial charge on any atom is -0.313 e. The van der Waals surface area contributed by atoms with E-state index >= 15 is 0 Å². The van der Waals surface area contributed by atoms with Crippen LogP contribution in [0.4, 0.5) is 0 Å². The van der Waals surface area contributed by atoms with Gasteiger partial charge in [-0.2, -0.15) is 0 Å². The molecule has 0 N–H and O–H groups in total. The molecule has 0 amide bonds. The zero-order chi connectivity index (χ0) is 16.4. The Morgan fingerprint density at radius 1 is 1.35 bits per heavy atom. The molecule has 1 atom stereocenters. The van der Waals surface area contributed by atoms with Crippen LogP contribution in [0.15, 0.2) is 18.3 Å². The lowest BCUT2D eigenvalue weighted by molar-refractivity contribution is 0.467. The Hall–Kier alpha value is -1.47. The molecule has 0 aliphatic carbocycles. The summed E-state index contributed by atoms with van der Waals surface area (Å²) in [5, 5.41) is 0.